The first kappa shape index (κ1) is 23.7. The van der Waals surface area contributed by atoms with Crippen molar-refractivity contribution in [2.45, 2.75) is 11.4 Å². The van der Waals surface area contributed by atoms with E-state index in [1.165, 1.54) is 48.5 Å². The molecule has 0 aromatic heterocycles. The highest BCUT2D eigenvalue weighted by Gasteiger charge is 2.27. The molecule has 3 rings (SSSR count). The van der Waals surface area contributed by atoms with E-state index in [1.807, 2.05) is 0 Å². The number of non-ortho nitro benzene ring substituents is 1. The van der Waals surface area contributed by atoms with Crippen molar-refractivity contribution in [2.24, 2.45) is 0 Å². The highest BCUT2D eigenvalue weighted by Crippen LogP contribution is 2.22. The van der Waals surface area contributed by atoms with Gasteiger partial charge in [-0.25, -0.2) is 8.42 Å². The van der Waals surface area contributed by atoms with E-state index in [2.05, 4.69) is 5.32 Å². The molecular formula is C21H17Cl2N3O5S. The van der Waals surface area contributed by atoms with Gasteiger partial charge in [-0.1, -0.05) is 41.4 Å². The van der Waals surface area contributed by atoms with Crippen molar-refractivity contribution in [1.29, 1.82) is 0 Å². The molecule has 0 aliphatic rings. The largest absolute Gasteiger partial charge is 0.325 e. The Morgan fingerprint density at radius 2 is 1.66 bits per heavy atom. The fourth-order valence-electron chi connectivity index (χ4n) is 2.88. The van der Waals surface area contributed by atoms with Gasteiger partial charge >= 0.3 is 0 Å². The van der Waals surface area contributed by atoms with Gasteiger partial charge in [-0.3, -0.25) is 14.9 Å². The van der Waals surface area contributed by atoms with Crippen LogP contribution >= 0.6 is 23.2 Å². The van der Waals surface area contributed by atoms with E-state index >= 15 is 0 Å². The maximum Gasteiger partial charge on any atom is 0.271 e. The minimum atomic E-state index is -4.08. The molecule has 0 aliphatic carbocycles. The van der Waals surface area contributed by atoms with Gasteiger partial charge in [0.2, 0.25) is 15.9 Å². The quantitative estimate of drug-likeness (QED) is 0.360. The molecule has 0 spiro atoms. The molecule has 0 fully saturated rings. The van der Waals surface area contributed by atoms with Gasteiger partial charge in [0.05, 0.1) is 16.4 Å². The number of carbonyl (C=O) groups is 1. The number of amides is 1. The van der Waals surface area contributed by atoms with Crippen molar-refractivity contribution in [3.8, 4) is 0 Å². The normalized spacial score (nSPS) is 11.3. The number of rotatable bonds is 8. The predicted octanol–water partition coefficient (Wildman–Crippen LogP) is 4.73. The molecule has 0 bridgehead atoms. The van der Waals surface area contributed by atoms with Crippen LogP contribution in [0.5, 0.6) is 0 Å². The molecule has 0 radical (unpaired) electrons. The van der Waals surface area contributed by atoms with Gasteiger partial charge in [0.1, 0.15) is 0 Å². The Hall–Kier alpha value is -2.98. The van der Waals surface area contributed by atoms with Crippen molar-refractivity contribution >= 4 is 50.5 Å². The summed E-state index contributed by atoms with van der Waals surface area (Å²) in [6.45, 7) is -0.645. The number of nitrogens with zero attached hydrogens (tertiary/aromatic N) is 2. The molecule has 11 heteroatoms. The number of sulfonamides is 1. The average molecular weight is 494 g/mol. The Bertz CT molecular complexity index is 1250. The topological polar surface area (TPSA) is 110 Å². The number of halogens is 2. The minimum absolute atomic E-state index is 0.0351. The standard InChI is InChI=1S/C21H17Cl2N3O5S/c22-16-7-9-20(10-8-16)32(30,31)25(13-15-3-1-4-17(23)11-15)14-21(27)24-18-5-2-6-19(12-18)26(28)29/h1-12H,13-14H2,(H,24,27). The minimum Gasteiger partial charge on any atom is -0.325 e. The predicted molar refractivity (Wildman–Crippen MR) is 122 cm³/mol. The number of nitro benzene ring substituents is 1. The van der Waals surface area contributed by atoms with E-state index in [0.717, 1.165) is 4.31 Å². The van der Waals surface area contributed by atoms with E-state index in [4.69, 9.17) is 23.2 Å². The highest BCUT2D eigenvalue weighted by molar-refractivity contribution is 7.89. The molecule has 8 nitrogen and oxygen atoms in total. The Labute approximate surface area is 194 Å². The maximum atomic E-state index is 13.2. The molecule has 0 saturated heterocycles. The SMILES string of the molecule is O=C(CN(Cc1cccc(Cl)c1)S(=O)(=O)c1ccc(Cl)cc1)Nc1cccc([N+](=O)[O-])c1. The van der Waals surface area contributed by atoms with Crippen LogP contribution in [0.15, 0.2) is 77.7 Å². The Balaban J connectivity index is 1.88. The third-order valence-corrected chi connectivity index (χ3v) is 6.65. The van der Waals surface area contributed by atoms with Gasteiger partial charge < -0.3 is 5.32 Å². The van der Waals surface area contributed by atoms with Crippen LogP contribution in [0.3, 0.4) is 0 Å². The maximum absolute atomic E-state index is 13.2. The lowest BCUT2D eigenvalue weighted by Gasteiger charge is -2.22. The second kappa shape index (κ2) is 10.1. The first-order valence-corrected chi connectivity index (χ1v) is 11.4. The van der Waals surface area contributed by atoms with Crippen molar-refractivity contribution in [3.63, 3.8) is 0 Å². The van der Waals surface area contributed by atoms with Crippen LogP contribution in [0.4, 0.5) is 11.4 Å². The van der Waals surface area contributed by atoms with Crippen LogP contribution in [0, 0.1) is 10.1 Å². The molecule has 3 aromatic rings. The molecule has 32 heavy (non-hydrogen) atoms. The molecular weight excluding hydrogens is 477 g/mol. The first-order valence-electron chi connectivity index (χ1n) is 9.19. The van der Waals surface area contributed by atoms with Crippen molar-refractivity contribution < 1.29 is 18.1 Å². The molecule has 0 aliphatic heterocycles. The summed E-state index contributed by atoms with van der Waals surface area (Å²) in [5, 5.41) is 14.2. The summed E-state index contributed by atoms with van der Waals surface area (Å²) in [5.74, 6) is -0.662. The number of carbonyl (C=O) groups excluding carboxylic acids is 1. The fourth-order valence-corrected chi connectivity index (χ4v) is 4.60. The zero-order valence-electron chi connectivity index (χ0n) is 16.4. The first-order chi connectivity index (χ1) is 15.1. The number of hydrogen-bond donors (Lipinski definition) is 1. The van der Waals surface area contributed by atoms with Gasteiger partial charge in [0.25, 0.3) is 5.69 Å². The van der Waals surface area contributed by atoms with Crippen LogP contribution < -0.4 is 5.32 Å². The lowest BCUT2D eigenvalue weighted by molar-refractivity contribution is -0.384. The summed E-state index contributed by atoms with van der Waals surface area (Å²) in [7, 11) is -4.08. The van der Waals surface area contributed by atoms with Crippen LogP contribution in [-0.4, -0.2) is 30.1 Å². The molecule has 0 heterocycles. The summed E-state index contributed by atoms with van der Waals surface area (Å²) < 4.78 is 27.5. The van der Waals surface area contributed by atoms with Gasteiger partial charge in [-0.2, -0.15) is 4.31 Å². The van der Waals surface area contributed by atoms with Crippen LogP contribution in [0.1, 0.15) is 5.56 Å². The smallest absolute Gasteiger partial charge is 0.271 e. The number of nitrogens with one attached hydrogen (secondary N) is 1. The molecule has 0 atom stereocenters. The van der Waals surface area contributed by atoms with E-state index in [9.17, 15) is 23.3 Å². The monoisotopic (exact) mass is 493 g/mol. The fraction of sp³-hybridized carbons (Fsp3) is 0.0952. The third kappa shape index (κ3) is 6.04. The molecule has 3 aromatic carbocycles. The molecule has 1 N–H and O–H groups in total. The summed E-state index contributed by atoms with van der Waals surface area (Å²) >= 11 is 11.9. The van der Waals surface area contributed by atoms with Gasteiger partial charge in [0, 0.05) is 34.4 Å². The lowest BCUT2D eigenvalue weighted by atomic mass is 10.2. The second-order valence-electron chi connectivity index (χ2n) is 6.71. The van der Waals surface area contributed by atoms with E-state index < -0.39 is 27.4 Å². The van der Waals surface area contributed by atoms with Crippen LogP contribution in [0.25, 0.3) is 0 Å². The zero-order chi connectivity index (χ0) is 23.3. The summed E-state index contributed by atoms with van der Waals surface area (Å²) in [5.41, 5.74) is 0.557. The zero-order valence-corrected chi connectivity index (χ0v) is 18.8. The van der Waals surface area contributed by atoms with Gasteiger partial charge in [-0.05, 0) is 48.0 Å². The number of benzene rings is 3. The second-order valence-corrected chi connectivity index (χ2v) is 9.52. The van der Waals surface area contributed by atoms with Crippen LogP contribution in [0.2, 0.25) is 10.0 Å². The number of nitro groups is 1. The van der Waals surface area contributed by atoms with Crippen molar-refractivity contribution in [3.05, 3.63) is 98.5 Å². The van der Waals surface area contributed by atoms with Crippen molar-refractivity contribution in [1.82, 2.24) is 4.31 Å². The van der Waals surface area contributed by atoms with E-state index in [-0.39, 0.29) is 22.8 Å². The van der Waals surface area contributed by atoms with Crippen molar-refractivity contribution in [2.75, 3.05) is 11.9 Å². The van der Waals surface area contributed by atoms with Gasteiger partial charge in [0.15, 0.2) is 0 Å². The highest BCUT2D eigenvalue weighted by atomic mass is 35.5. The lowest BCUT2D eigenvalue weighted by Crippen LogP contribution is -2.37. The summed E-state index contributed by atoms with van der Waals surface area (Å²) in [6, 6.07) is 17.6. The molecule has 0 saturated carbocycles. The van der Waals surface area contributed by atoms with Gasteiger partial charge in [-0.15, -0.1) is 0 Å². The number of anilines is 1. The molecule has 166 valence electrons. The number of hydrogen-bond acceptors (Lipinski definition) is 5. The van der Waals surface area contributed by atoms with Crippen LogP contribution in [-0.2, 0) is 21.4 Å². The van der Waals surface area contributed by atoms with E-state index in [0.29, 0.717) is 15.6 Å². The summed E-state index contributed by atoms with van der Waals surface area (Å²) in [6.07, 6.45) is 0. The Morgan fingerprint density at radius 1 is 0.969 bits per heavy atom. The Kier molecular flexibility index (Phi) is 7.47. The third-order valence-electron chi connectivity index (χ3n) is 4.36. The van der Waals surface area contributed by atoms with E-state index in [1.54, 1.807) is 24.3 Å². The average Bonchev–Trinajstić information content (AvgIpc) is 2.74. The Morgan fingerprint density at radius 3 is 2.31 bits per heavy atom. The molecule has 1 amide bonds. The molecule has 0 unspecified atom stereocenters. The summed E-state index contributed by atoms with van der Waals surface area (Å²) in [4.78, 5) is 23.0.